The second-order valence-electron chi connectivity index (χ2n) is 7.35. The zero-order chi connectivity index (χ0) is 23.8. The summed E-state index contributed by atoms with van der Waals surface area (Å²) in [7, 11) is 1.56. The Bertz CT molecular complexity index is 1320. The Kier molecular flexibility index (Phi) is 7.63. The molecule has 0 aromatic heterocycles. The number of rotatable bonds is 9. The van der Waals surface area contributed by atoms with E-state index >= 15 is 0 Å². The highest BCUT2D eigenvalue weighted by atomic mass is 35.5. The molecular weight excluding hydrogens is 452 g/mol. The highest BCUT2D eigenvalue weighted by Crippen LogP contribution is 2.29. The van der Waals surface area contributed by atoms with Crippen molar-refractivity contribution in [2.75, 3.05) is 13.7 Å². The van der Waals surface area contributed by atoms with E-state index in [1.807, 2.05) is 72.8 Å². The summed E-state index contributed by atoms with van der Waals surface area (Å²) in [5.41, 5.74) is 4.09. The summed E-state index contributed by atoms with van der Waals surface area (Å²) in [6, 6.07) is 26.4. The van der Waals surface area contributed by atoms with E-state index in [1.54, 1.807) is 19.2 Å². The fourth-order valence-electron chi connectivity index (χ4n) is 3.33. The molecule has 4 rings (SSSR count). The van der Waals surface area contributed by atoms with Crippen LogP contribution in [0.25, 0.3) is 10.8 Å². The number of ether oxygens (including phenoxy) is 3. The van der Waals surface area contributed by atoms with E-state index in [1.165, 1.54) is 6.21 Å². The molecule has 0 heterocycles. The quantitative estimate of drug-likeness (QED) is 0.253. The van der Waals surface area contributed by atoms with Gasteiger partial charge in [0.25, 0.3) is 5.91 Å². The second-order valence-corrected chi connectivity index (χ2v) is 7.76. The van der Waals surface area contributed by atoms with E-state index in [0.717, 1.165) is 21.9 Å². The fraction of sp³-hybridized carbons (Fsp3) is 0.111. The van der Waals surface area contributed by atoms with E-state index in [2.05, 4.69) is 10.5 Å². The zero-order valence-corrected chi connectivity index (χ0v) is 19.3. The molecule has 0 aliphatic carbocycles. The smallest absolute Gasteiger partial charge is 0.277 e. The predicted octanol–water partition coefficient (Wildman–Crippen LogP) is 5.61. The van der Waals surface area contributed by atoms with Crippen molar-refractivity contribution >= 4 is 34.5 Å². The number of methoxy groups -OCH3 is 1. The number of fused-ring (bicyclic) bond motifs is 1. The van der Waals surface area contributed by atoms with Gasteiger partial charge >= 0.3 is 0 Å². The first-order valence-corrected chi connectivity index (χ1v) is 11.0. The molecule has 0 aliphatic rings. The van der Waals surface area contributed by atoms with Gasteiger partial charge in [0.05, 0.1) is 13.3 Å². The first-order chi connectivity index (χ1) is 16.6. The van der Waals surface area contributed by atoms with E-state index in [-0.39, 0.29) is 12.5 Å². The molecule has 0 atom stereocenters. The van der Waals surface area contributed by atoms with Gasteiger partial charge in [0.15, 0.2) is 18.1 Å². The summed E-state index contributed by atoms with van der Waals surface area (Å²) >= 11 is 6.18. The van der Waals surface area contributed by atoms with Crippen molar-refractivity contribution in [1.82, 2.24) is 5.43 Å². The topological polar surface area (TPSA) is 69.2 Å². The Balaban J connectivity index is 1.32. The van der Waals surface area contributed by atoms with Crippen LogP contribution in [-0.2, 0) is 11.4 Å². The lowest BCUT2D eigenvalue weighted by Gasteiger charge is -2.12. The molecule has 0 unspecified atom stereocenters. The van der Waals surface area contributed by atoms with Gasteiger partial charge in [-0.15, -0.1) is 0 Å². The van der Waals surface area contributed by atoms with E-state index in [9.17, 15) is 4.79 Å². The lowest BCUT2D eigenvalue weighted by Crippen LogP contribution is -2.24. The Morgan fingerprint density at radius 2 is 1.71 bits per heavy atom. The molecule has 172 valence electrons. The molecule has 0 fully saturated rings. The maximum Gasteiger partial charge on any atom is 0.277 e. The Labute approximate surface area is 202 Å². The molecule has 34 heavy (non-hydrogen) atoms. The van der Waals surface area contributed by atoms with E-state index < -0.39 is 0 Å². The molecular formula is C27H23ClN2O4. The van der Waals surface area contributed by atoms with Crippen LogP contribution in [0.2, 0.25) is 5.02 Å². The standard InChI is InChI=1S/C27H23ClN2O4/c1-32-26-15-19(13-14-25(26)33-17-21-8-3-5-11-23(21)28)16-29-30-27(31)18-34-24-12-6-9-20-7-2-4-10-22(20)24/h2-16H,17-18H2,1H3,(H,30,31)/b29-16+. The maximum absolute atomic E-state index is 12.2. The number of halogens is 1. The van der Waals surface area contributed by atoms with Gasteiger partial charge in [-0.3, -0.25) is 4.79 Å². The van der Waals surface area contributed by atoms with Crippen LogP contribution in [0.3, 0.4) is 0 Å². The van der Waals surface area contributed by atoms with Crippen molar-refractivity contribution in [2.45, 2.75) is 6.61 Å². The molecule has 7 heteroatoms. The minimum atomic E-state index is -0.365. The third-order valence-electron chi connectivity index (χ3n) is 5.04. The molecule has 4 aromatic rings. The summed E-state index contributed by atoms with van der Waals surface area (Å²) in [6.45, 7) is 0.166. The summed E-state index contributed by atoms with van der Waals surface area (Å²) in [6.07, 6.45) is 1.52. The van der Waals surface area contributed by atoms with E-state index in [4.69, 9.17) is 25.8 Å². The first-order valence-electron chi connectivity index (χ1n) is 10.6. The summed E-state index contributed by atoms with van der Waals surface area (Å²) in [5.74, 6) is 1.40. The summed E-state index contributed by atoms with van der Waals surface area (Å²) in [5, 5.41) is 6.65. The van der Waals surface area contributed by atoms with Crippen molar-refractivity contribution < 1.29 is 19.0 Å². The Morgan fingerprint density at radius 1 is 0.912 bits per heavy atom. The molecule has 6 nitrogen and oxygen atoms in total. The van der Waals surface area contributed by atoms with Crippen LogP contribution in [0.1, 0.15) is 11.1 Å². The van der Waals surface area contributed by atoms with Gasteiger partial charge in [-0.05, 0) is 41.3 Å². The van der Waals surface area contributed by atoms with Crippen LogP contribution in [0.5, 0.6) is 17.2 Å². The van der Waals surface area contributed by atoms with Gasteiger partial charge in [0.2, 0.25) is 0 Å². The first kappa shape index (κ1) is 23.1. The Morgan fingerprint density at radius 3 is 2.56 bits per heavy atom. The third kappa shape index (κ3) is 5.85. The zero-order valence-electron chi connectivity index (χ0n) is 18.5. The predicted molar refractivity (Wildman–Crippen MR) is 134 cm³/mol. The average Bonchev–Trinajstić information content (AvgIpc) is 2.87. The summed E-state index contributed by atoms with van der Waals surface area (Å²) in [4.78, 5) is 12.2. The molecule has 0 saturated heterocycles. The van der Waals surface area contributed by atoms with Crippen LogP contribution in [0.15, 0.2) is 90.0 Å². The van der Waals surface area contributed by atoms with Crippen molar-refractivity contribution in [3.8, 4) is 17.2 Å². The van der Waals surface area contributed by atoms with Crippen LogP contribution >= 0.6 is 11.6 Å². The number of amides is 1. The second kappa shape index (κ2) is 11.2. The maximum atomic E-state index is 12.2. The van der Waals surface area contributed by atoms with Crippen molar-refractivity contribution in [1.29, 1.82) is 0 Å². The van der Waals surface area contributed by atoms with Gasteiger partial charge in [0, 0.05) is 16.0 Å². The number of hydrazone groups is 1. The average molecular weight is 475 g/mol. The van der Waals surface area contributed by atoms with Gasteiger partial charge < -0.3 is 14.2 Å². The number of carbonyl (C=O) groups is 1. The number of hydrogen-bond acceptors (Lipinski definition) is 5. The molecule has 0 bridgehead atoms. The number of benzene rings is 4. The third-order valence-corrected chi connectivity index (χ3v) is 5.41. The molecule has 0 aliphatic heterocycles. The van der Waals surface area contributed by atoms with Crippen LogP contribution in [-0.4, -0.2) is 25.8 Å². The highest BCUT2D eigenvalue weighted by Gasteiger charge is 2.08. The van der Waals surface area contributed by atoms with Gasteiger partial charge in [-0.25, -0.2) is 5.43 Å². The Hall–Kier alpha value is -4.03. The monoisotopic (exact) mass is 474 g/mol. The van der Waals surface area contributed by atoms with Gasteiger partial charge in [0.1, 0.15) is 12.4 Å². The van der Waals surface area contributed by atoms with Crippen molar-refractivity contribution in [2.24, 2.45) is 5.10 Å². The largest absolute Gasteiger partial charge is 0.493 e. The molecule has 1 amide bonds. The normalized spacial score (nSPS) is 10.9. The lowest BCUT2D eigenvalue weighted by molar-refractivity contribution is -0.123. The van der Waals surface area contributed by atoms with Crippen LogP contribution in [0, 0.1) is 0 Å². The van der Waals surface area contributed by atoms with Crippen molar-refractivity contribution in [3.05, 3.63) is 101 Å². The van der Waals surface area contributed by atoms with Crippen LogP contribution < -0.4 is 19.6 Å². The molecule has 0 saturated carbocycles. The molecule has 0 spiro atoms. The molecule has 4 aromatic carbocycles. The van der Waals surface area contributed by atoms with Gasteiger partial charge in [-0.2, -0.15) is 5.10 Å². The number of hydrogen-bond donors (Lipinski definition) is 1. The SMILES string of the molecule is COc1cc(/C=N/NC(=O)COc2cccc3ccccc23)ccc1OCc1ccccc1Cl. The molecule has 1 N–H and O–H groups in total. The van der Waals surface area contributed by atoms with Gasteiger partial charge in [-0.1, -0.05) is 66.2 Å². The fourth-order valence-corrected chi connectivity index (χ4v) is 3.52. The highest BCUT2D eigenvalue weighted by molar-refractivity contribution is 6.31. The minimum Gasteiger partial charge on any atom is -0.493 e. The van der Waals surface area contributed by atoms with Crippen molar-refractivity contribution in [3.63, 3.8) is 0 Å². The summed E-state index contributed by atoms with van der Waals surface area (Å²) < 4.78 is 17.0. The number of nitrogens with one attached hydrogen (secondary N) is 1. The van der Waals surface area contributed by atoms with Crippen LogP contribution in [0.4, 0.5) is 0 Å². The molecule has 0 radical (unpaired) electrons. The number of nitrogens with zero attached hydrogens (tertiary/aromatic N) is 1. The number of carbonyl (C=O) groups excluding carboxylic acids is 1. The van der Waals surface area contributed by atoms with E-state index in [0.29, 0.717) is 28.9 Å². The lowest BCUT2D eigenvalue weighted by atomic mass is 10.1. The minimum absolute atomic E-state index is 0.149.